The Morgan fingerprint density at radius 1 is 1.33 bits per heavy atom. The Labute approximate surface area is 135 Å². The van der Waals surface area contributed by atoms with Gasteiger partial charge in [-0.3, -0.25) is 4.79 Å². The summed E-state index contributed by atoms with van der Waals surface area (Å²) in [6.45, 7) is 2.76. The lowest BCUT2D eigenvalue weighted by atomic mass is 10.1. The van der Waals surface area contributed by atoms with Gasteiger partial charge in [0.15, 0.2) is 0 Å². The van der Waals surface area contributed by atoms with Crippen molar-refractivity contribution in [1.82, 2.24) is 4.90 Å². The van der Waals surface area contributed by atoms with Crippen molar-refractivity contribution in [2.24, 2.45) is 0 Å². The Morgan fingerprint density at radius 2 is 2.00 bits per heavy atom. The molecule has 0 radical (unpaired) electrons. The Balaban J connectivity index is 3.08. The molecule has 7 heteroatoms. The smallest absolute Gasteiger partial charge is 0.337 e. The predicted molar refractivity (Wildman–Crippen MR) is 80.7 cm³/mol. The van der Waals surface area contributed by atoms with Gasteiger partial charge >= 0.3 is 6.18 Å². The minimum atomic E-state index is -4.48. The quantitative estimate of drug-likeness (QED) is 0.634. The van der Waals surface area contributed by atoms with Gasteiger partial charge < -0.3 is 4.90 Å². The number of benzene rings is 1. The molecule has 0 saturated carbocycles. The average molecular weight is 387 g/mol. The molecule has 0 spiro atoms. The summed E-state index contributed by atoms with van der Waals surface area (Å²) >= 11 is 8.80. The van der Waals surface area contributed by atoms with Crippen molar-refractivity contribution in [1.29, 1.82) is 0 Å². The molecule has 0 atom stereocenters. The van der Waals surface area contributed by atoms with E-state index >= 15 is 0 Å². The van der Waals surface area contributed by atoms with Crippen molar-refractivity contribution in [2.75, 3.05) is 19.0 Å². The second-order valence-electron chi connectivity index (χ2n) is 4.53. The Kier molecular flexibility index (Phi) is 7.00. The second kappa shape index (κ2) is 8.03. The first kappa shape index (κ1) is 18.3. The average Bonchev–Trinajstić information content (AvgIpc) is 2.42. The normalized spacial score (nSPS) is 11.5. The highest BCUT2D eigenvalue weighted by Crippen LogP contribution is 2.32. The summed E-state index contributed by atoms with van der Waals surface area (Å²) in [6.07, 6.45) is -2.81. The van der Waals surface area contributed by atoms with E-state index in [4.69, 9.17) is 11.6 Å². The van der Waals surface area contributed by atoms with Gasteiger partial charge in [-0.1, -0.05) is 13.3 Å². The first-order chi connectivity index (χ1) is 9.81. The van der Waals surface area contributed by atoms with Gasteiger partial charge in [-0.15, -0.1) is 11.6 Å². The van der Waals surface area contributed by atoms with Crippen LogP contribution in [-0.4, -0.2) is 29.8 Å². The van der Waals surface area contributed by atoms with Crippen LogP contribution < -0.4 is 0 Å². The number of carbonyl (C=O) groups is 1. The number of amides is 1. The lowest BCUT2D eigenvalue weighted by molar-refractivity contribution is -0.137. The number of hydrogen-bond acceptors (Lipinski definition) is 1. The zero-order valence-corrected chi connectivity index (χ0v) is 13.9. The zero-order chi connectivity index (χ0) is 16.0. The maximum atomic E-state index is 12.8. The van der Waals surface area contributed by atoms with Crippen molar-refractivity contribution in [3.05, 3.63) is 33.8 Å². The van der Waals surface area contributed by atoms with Crippen LogP contribution in [-0.2, 0) is 6.18 Å². The third kappa shape index (κ3) is 5.18. The van der Waals surface area contributed by atoms with Crippen molar-refractivity contribution >= 4 is 33.4 Å². The number of halogens is 5. The molecule has 0 aliphatic rings. The highest BCUT2D eigenvalue weighted by atomic mass is 79.9. The largest absolute Gasteiger partial charge is 0.416 e. The maximum Gasteiger partial charge on any atom is 0.416 e. The summed E-state index contributed by atoms with van der Waals surface area (Å²) < 4.78 is 38.6. The Bertz CT molecular complexity index is 494. The summed E-state index contributed by atoms with van der Waals surface area (Å²) in [5, 5.41) is 0. The number of alkyl halides is 4. The fraction of sp³-hybridized carbons (Fsp3) is 0.500. The van der Waals surface area contributed by atoms with Gasteiger partial charge in [-0.05, 0) is 40.5 Å². The summed E-state index contributed by atoms with van der Waals surface area (Å²) in [5.41, 5.74) is -0.832. The van der Waals surface area contributed by atoms with Gasteiger partial charge in [0.05, 0.1) is 11.1 Å². The number of hydrogen-bond donors (Lipinski definition) is 0. The third-order valence-corrected chi connectivity index (χ3v) is 3.81. The standard InChI is InChI=1S/C14H16BrClF3NO/c1-2-3-7-20(8-6-16)13(21)11-9-10(14(17,18)19)4-5-12(11)15/h4-5,9H,2-3,6-8H2,1H3. The molecule has 0 N–H and O–H groups in total. The van der Waals surface area contributed by atoms with Crippen molar-refractivity contribution in [3.63, 3.8) is 0 Å². The van der Waals surface area contributed by atoms with Crippen LogP contribution in [0.25, 0.3) is 0 Å². The molecule has 0 aliphatic carbocycles. The lowest BCUT2D eigenvalue weighted by Gasteiger charge is -2.22. The molecule has 0 aliphatic heterocycles. The number of nitrogens with zero attached hydrogens (tertiary/aromatic N) is 1. The molecule has 2 nitrogen and oxygen atoms in total. The molecule has 0 aromatic heterocycles. The second-order valence-corrected chi connectivity index (χ2v) is 5.76. The van der Waals surface area contributed by atoms with Crippen LogP contribution in [0.2, 0.25) is 0 Å². The number of carbonyl (C=O) groups excluding carboxylic acids is 1. The van der Waals surface area contributed by atoms with E-state index in [1.165, 1.54) is 11.0 Å². The van der Waals surface area contributed by atoms with Crippen LogP contribution in [0.4, 0.5) is 13.2 Å². The number of unbranched alkanes of at least 4 members (excludes halogenated alkanes) is 1. The summed E-state index contributed by atoms with van der Waals surface area (Å²) in [5.74, 6) is -0.200. The fourth-order valence-electron chi connectivity index (χ4n) is 1.80. The van der Waals surface area contributed by atoms with E-state index in [-0.39, 0.29) is 11.4 Å². The monoisotopic (exact) mass is 385 g/mol. The fourth-order valence-corrected chi connectivity index (χ4v) is 2.42. The predicted octanol–water partition coefficient (Wildman–Crippen LogP) is 4.95. The minimum Gasteiger partial charge on any atom is -0.337 e. The zero-order valence-electron chi connectivity index (χ0n) is 11.5. The van der Waals surface area contributed by atoms with Gasteiger partial charge in [-0.25, -0.2) is 0 Å². The van der Waals surface area contributed by atoms with Gasteiger partial charge in [0.25, 0.3) is 5.91 Å². The Hall–Kier alpha value is -0.750. The molecule has 0 unspecified atom stereocenters. The van der Waals surface area contributed by atoms with Crippen molar-refractivity contribution in [2.45, 2.75) is 25.9 Å². The Morgan fingerprint density at radius 3 is 2.52 bits per heavy atom. The van der Waals surface area contributed by atoms with Crippen molar-refractivity contribution < 1.29 is 18.0 Å². The van der Waals surface area contributed by atoms with Crippen LogP contribution in [0.3, 0.4) is 0 Å². The van der Waals surface area contributed by atoms with Gasteiger partial charge in [0, 0.05) is 23.4 Å². The van der Waals surface area contributed by atoms with E-state index in [0.29, 0.717) is 17.6 Å². The highest BCUT2D eigenvalue weighted by molar-refractivity contribution is 9.10. The van der Waals surface area contributed by atoms with Crippen molar-refractivity contribution in [3.8, 4) is 0 Å². The summed E-state index contributed by atoms with van der Waals surface area (Å²) in [6, 6.07) is 3.06. The van der Waals surface area contributed by atoms with Crippen LogP contribution in [0.5, 0.6) is 0 Å². The first-order valence-electron chi connectivity index (χ1n) is 6.53. The molecule has 118 valence electrons. The van der Waals surface area contributed by atoms with E-state index < -0.39 is 17.6 Å². The summed E-state index contributed by atoms with van der Waals surface area (Å²) in [7, 11) is 0. The van der Waals surface area contributed by atoms with Gasteiger partial charge in [0.1, 0.15) is 0 Å². The summed E-state index contributed by atoms with van der Waals surface area (Å²) in [4.78, 5) is 13.9. The molecular formula is C14H16BrClF3NO. The van der Waals surface area contributed by atoms with Crippen LogP contribution in [0, 0.1) is 0 Å². The lowest BCUT2D eigenvalue weighted by Crippen LogP contribution is -2.34. The SMILES string of the molecule is CCCCN(CCCl)C(=O)c1cc(C(F)(F)F)ccc1Br. The molecule has 21 heavy (non-hydrogen) atoms. The van der Waals surface area contributed by atoms with E-state index in [2.05, 4.69) is 15.9 Å². The molecule has 1 aromatic rings. The van der Waals surface area contributed by atoms with Crippen LogP contribution >= 0.6 is 27.5 Å². The highest BCUT2D eigenvalue weighted by Gasteiger charge is 2.32. The van der Waals surface area contributed by atoms with E-state index in [1.807, 2.05) is 6.92 Å². The van der Waals surface area contributed by atoms with Crippen LogP contribution in [0.1, 0.15) is 35.7 Å². The molecule has 1 rings (SSSR count). The van der Waals surface area contributed by atoms with Gasteiger partial charge in [0.2, 0.25) is 0 Å². The molecule has 0 fully saturated rings. The van der Waals surface area contributed by atoms with E-state index in [0.717, 1.165) is 25.0 Å². The van der Waals surface area contributed by atoms with E-state index in [9.17, 15) is 18.0 Å². The third-order valence-electron chi connectivity index (χ3n) is 2.95. The molecule has 0 heterocycles. The molecule has 0 saturated heterocycles. The van der Waals surface area contributed by atoms with Crippen LogP contribution in [0.15, 0.2) is 22.7 Å². The van der Waals surface area contributed by atoms with Gasteiger partial charge in [-0.2, -0.15) is 13.2 Å². The first-order valence-corrected chi connectivity index (χ1v) is 7.86. The van der Waals surface area contributed by atoms with E-state index in [1.54, 1.807) is 0 Å². The molecule has 0 bridgehead atoms. The maximum absolute atomic E-state index is 12.8. The molecular weight excluding hydrogens is 371 g/mol. The molecule has 1 aromatic carbocycles. The topological polar surface area (TPSA) is 20.3 Å². The molecule has 1 amide bonds. The number of rotatable bonds is 6. The minimum absolute atomic E-state index is 0.00560.